The van der Waals surface area contributed by atoms with Gasteiger partial charge in [-0.2, -0.15) is 4.79 Å². The van der Waals surface area contributed by atoms with Crippen molar-refractivity contribution in [1.82, 2.24) is 0 Å². The average Bonchev–Trinajstić information content (AvgIpc) is 2.65. The van der Waals surface area contributed by atoms with Crippen molar-refractivity contribution >= 4 is 23.5 Å². The summed E-state index contributed by atoms with van der Waals surface area (Å²) in [5.41, 5.74) is 8.06. The maximum Gasteiger partial charge on any atom is 0.413 e. The van der Waals surface area contributed by atoms with E-state index in [9.17, 15) is 4.79 Å². The first kappa shape index (κ1) is 7.21. The van der Waals surface area contributed by atoms with Crippen molar-refractivity contribution in [1.29, 1.82) is 0 Å². The van der Waals surface area contributed by atoms with Crippen molar-refractivity contribution in [3.05, 3.63) is 27.9 Å². The summed E-state index contributed by atoms with van der Waals surface area (Å²) in [6.07, 6.45) is -0.795. The molecule has 0 bridgehead atoms. The van der Waals surface area contributed by atoms with Gasteiger partial charge in [0.2, 0.25) is 0 Å². The minimum atomic E-state index is -0.934. The molecule has 0 fully saturated rings. The molecule has 1 aromatic rings. The minimum absolute atomic E-state index is 0.106. The second-order valence-corrected chi connectivity index (χ2v) is 2.90. The Kier molecular flexibility index (Phi) is 2.66. The van der Waals surface area contributed by atoms with E-state index in [4.69, 9.17) is 6.90 Å². The monoisotopic (exact) mass is 183 g/mol. The lowest BCUT2D eigenvalue weighted by Crippen LogP contribution is -2.04. The quantitative estimate of drug-likeness (QED) is 0.305. The number of nitrogens with zero attached hydrogens (tertiary/aromatic N) is 2. The highest BCUT2D eigenvalue weighted by Crippen LogP contribution is 2.08. The van der Waals surface area contributed by atoms with Crippen LogP contribution in [0.15, 0.2) is 17.5 Å². The maximum atomic E-state index is 10.8. The SMILES string of the molecule is [2H]C(=[N+]=[N-])C(=O)OCc1cccs1. The number of esters is 1. The van der Waals surface area contributed by atoms with Crippen LogP contribution in [0.3, 0.4) is 0 Å². The van der Waals surface area contributed by atoms with Crippen LogP contribution in [0.4, 0.5) is 0 Å². The van der Waals surface area contributed by atoms with Crippen LogP contribution in [-0.4, -0.2) is 16.9 Å². The first-order valence-electron chi connectivity index (χ1n) is 3.62. The van der Waals surface area contributed by atoms with Gasteiger partial charge in [0, 0.05) is 4.88 Å². The second-order valence-electron chi connectivity index (χ2n) is 1.87. The molecule has 0 spiro atoms. The van der Waals surface area contributed by atoms with Crippen molar-refractivity contribution in [2.24, 2.45) is 0 Å². The van der Waals surface area contributed by atoms with Crippen molar-refractivity contribution < 1.29 is 15.7 Å². The number of thiophene rings is 1. The minimum Gasteiger partial charge on any atom is -0.452 e. The zero-order valence-corrected chi connectivity index (χ0v) is 6.87. The molecule has 0 atom stereocenters. The van der Waals surface area contributed by atoms with Crippen molar-refractivity contribution in [2.45, 2.75) is 6.61 Å². The molecule has 0 saturated heterocycles. The molecule has 4 nitrogen and oxygen atoms in total. The predicted octanol–water partition coefficient (Wildman–Crippen LogP) is 1.09. The van der Waals surface area contributed by atoms with E-state index in [2.05, 4.69) is 9.53 Å². The highest BCUT2D eigenvalue weighted by atomic mass is 32.1. The molecule has 0 aliphatic rings. The van der Waals surface area contributed by atoms with E-state index in [0.29, 0.717) is 0 Å². The number of rotatable bonds is 3. The van der Waals surface area contributed by atoms with E-state index in [1.54, 1.807) is 6.07 Å². The molecule has 12 heavy (non-hydrogen) atoms. The summed E-state index contributed by atoms with van der Waals surface area (Å²) in [6.45, 7) is 0.106. The van der Waals surface area contributed by atoms with Crippen molar-refractivity contribution in [3.63, 3.8) is 0 Å². The van der Waals surface area contributed by atoms with Crippen LogP contribution in [0.25, 0.3) is 5.53 Å². The van der Waals surface area contributed by atoms with Gasteiger partial charge in [-0.05, 0) is 11.4 Å². The van der Waals surface area contributed by atoms with Gasteiger partial charge in [-0.15, -0.1) is 11.3 Å². The van der Waals surface area contributed by atoms with Crippen LogP contribution in [0.5, 0.6) is 0 Å². The summed E-state index contributed by atoms with van der Waals surface area (Å²) < 4.78 is 11.4. The summed E-state index contributed by atoms with van der Waals surface area (Å²) in [6, 6.07) is 3.63. The van der Waals surface area contributed by atoms with Gasteiger partial charge in [-0.25, -0.2) is 4.79 Å². The molecular formula is C7H6N2O2S. The van der Waals surface area contributed by atoms with E-state index >= 15 is 0 Å². The van der Waals surface area contributed by atoms with Gasteiger partial charge in [0.25, 0.3) is 0 Å². The largest absolute Gasteiger partial charge is 0.452 e. The third-order valence-corrected chi connectivity index (χ3v) is 1.92. The molecule has 0 saturated carbocycles. The Morgan fingerprint density at radius 3 is 3.42 bits per heavy atom. The van der Waals surface area contributed by atoms with Gasteiger partial charge < -0.3 is 10.3 Å². The first-order chi connectivity index (χ1) is 6.24. The van der Waals surface area contributed by atoms with Gasteiger partial charge in [-0.3, -0.25) is 0 Å². The lowest BCUT2D eigenvalue weighted by molar-refractivity contribution is -0.140. The van der Waals surface area contributed by atoms with Crippen LogP contribution in [-0.2, 0) is 16.1 Å². The fourth-order valence-electron chi connectivity index (χ4n) is 0.604. The molecule has 0 aliphatic heterocycles. The Morgan fingerprint density at radius 1 is 2.00 bits per heavy atom. The molecule has 0 N–H and O–H groups in total. The Balaban J connectivity index is 2.44. The lowest BCUT2D eigenvalue weighted by atomic mass is 10.5. The molecule has 0 amide bonds. The molecule has 1 heterocycles. The molecule has 0 unspecified atom stereocenters. The Morgan fingerprint density at radius 2 is 2.83 bits per heavy atom. The van der Waals surface area contributed by atoms with Crippen LogP contribution in [0, 0.1) is 0 Å². The fraction of sp³-hybridized carbons (Fsp3) is 0.143. The van der Waals surface area contributed by atoms with E-state index in [0.717, 1.165) is 4.88 Å². The molecule has 0 aromatic carbocycles. The second kappa shape index (κ2) is 4.43. The number of carbonyl (C=O) groups excluding carboxylic acids is 1. The van der Waals surface area contributed by atoms with Crippen LogP contribution < -0.4 is 0 Å². The van der Waals surface area contributed by atoms with E-state index in [1.165, 1.54) is 11.3 Å². The van der Waals surface area contributed by atoms with Crippen LogP contribution in [0.2, 0.25) is 0 Å². The molecule has 1 aromatic heterocycles. The summed E-state index contributed by atoms with van der Waals surface area (Å²) in [7, 11) is 0. The molecule has 1 rings (SSSR count). The van der Waals surface area contributed by atoms with Gasteiger partial charge in [0.15, 0.2) is 1.37 Å². The maximum absolute atomic E-state index is 10.8. The van der Waals surface area contributed by atoms with E-state index < -0.39 is 12.2 Å². The normalized spacial score (nSPS) is 9.83. The molecule has 5 heteroatoms. The zero-order valence-electron chi connectivity index (χ0n) is 7.06. The lowest BCUT2D eigenvalue weighted by Gasteiger charge is -1.94. The fourth-order valence-corrected chi connectivity index (χ4v) is 1.22. The summed E-state index contributed by atoms with van der Waals surface area (Å²) >= 11 is 1.44. The smallest absolute Gasteiger partial charge is 0.413 e. The third-order valence-electron chi connectivity index (χ3n) is 1.07. The molecule has 62 valence electrons. The van der Waals surface area contributed by atoms with Crippen LogP contribution in [0.1, 0.15) is 6.25 Å². The Labute approximate surface area is 74.4 Å². The number of hydrogen-bond donors (Lipinski definition) is 0. The van der Waals surface area contributed by atoms with Gasteiger partial charge in [0.1, 0.15) is 6.61 Å². The third kappa shape index (κ3) is 2.65. The number of carbonyl (C=O) groups is 1. The highest BCUT2D eigenvalue weighted by molar-refractivity contribution is 7.09. The van der Waals surface area contributed by atoms with E-state index in [1.807, 2.05) is 11.4 Å². The average molecular weight is 183 g/mol. The first-order valence-corrected chi connectivity index (χ1v) is 4.00. The standard InChI is InChI=1S/C7H6N2O2S/c8-9-4-7(10)11-5-6-2-1-3-12-6/h1-4H,5H2/i4D. The molecule has 0 aliphatic carbocycles. The summed E-state index contributed by atoms with van der Waals surface area (Å²) in [5.74, 6) is -0.934. The van der Waals surface area contributed by atoms with Gasteiger partial charge in [0.05, 0.1) is 0 Å². The number of ether oxygens (including phenoxy) is 1. The molecule has 0 radical (unpaired) electrons. The summed E-state index contributed by atoms with van der Waals surface area (Å²) in [4.78, 5) is 14.0. The van der Waals surface area contributed by atoms with Crippen LogP contribution >= 0.6 is 11.3 Å². The van der Waals surface area contributed by atoms with Crippen molar-refractivity contribution in [3.8, 4) is 0 Å². The summed E-state index contributed by atoms with van der Waals surface area (Å²) in [5, 5.41) is 1.85. The Hall–Kier alpha value is -1.45. The highest BCUT2D eigenvalue weighted by Gasteiger charge is 2.03. The van der Waals surface area contributed by atoms with E-state index in [-0.39, 0.29) is 6.61 Å². The zero-order chi connectivity index (χ0) is 9.68. The van der Waals surface area contributed by atoms with Gasteiger partial charge in [-0.1, -0.05) is 6.07 Å². The van der Waals surface area contributed by atoms with Gasteiger partial charge >= 0.3 is 12.2 Å². The predicted molar refractivity (Wildman–Crippen MR) is 43.8 cm³/mol. The van der Waals surface area contributed by atoms with Crippen molar-refractivity contribution in [2.75, 3.05) is 0 Å². The Bertz CT molecular complexity index is 343. The topological polar surface area (TPSA) is 62.7 Å². The molecular weight excluding hydrogens is 176 g/mol. The number of hydrogen-bond acceptors (Lipinski definition) is 3.